The number of methoxy groups -OCH3 is 1. The number of carbonyl (C=O) groups is 1. The number of benzene rings is 2. The Morgan fingerprint density at radius 1 is 1.11 bits per heavy atom. The van der Waals surface area contributed by atoms with E-state index in [1.165, 1.54) is 17.8 Å². The first-order valence-electron chi connectivity index (χ1n) is 12.2. The Morgan fingerprint density at radius 2 is 1.77 bits per heavy atom. The maximum atomic E-state index is 13.4. The lowest BCUT2D eigenvalue weighted by molar-refractivity contribution is 0.0693. The van der Waals surface area contributed by atoms with Crippen molar-refractivity contribution in [2.24, 2.45) is 5.92 Å². The minimum atomic E-state index is -3.85. The predicted octanol–water partition coefficient (Wildman–Crippen LogP) is 5.76. The van der Waals surface area contributed by atoms with Gasteiger partial charge in [0.25, 0.3) is 5.91 Å². The van der Waals surface area contributed by atoms with Crippen molar-refractivity contribution in [1.29, 1.82) is 0 Å². The number of likely N-dealkylation sites (tertiary alicyclic amines) is 1. The number of thioether (sulfide) groups is 1. The second kappa shape index (κ2) is 11.4. The van der Waals surface area contributed by atoms with Crippen molar-refractivity contribution in [1.82, 2.24) is 9.62 Å². The summed E-state index contributed by atoms with van der Waals surface area (Å²) < 4.78 is 35.1. The second-order valence-corrected chi connectivity index (χ2v) is 12.3. The minimum absolute atomic E-state index is 0.0982. The first kappa shape index (κ1) is 27.6. The smallest absolute Gasteiger partial charge is 0.255 e. The van der Waals surface area contributed by atoms with E-state index in [0.717, 1.165) is 40.2 Å². The Labute approximate surface area is 214 Å². The molecule has 8 heteroatoms. The molecule has 2 aromatic carbocycles. The molecule has 1 N–H and O–H groups in total. The van der Waals surface area contributed by atoms with Crippen LogP contribution in [0, 0.1) is 12.8 Å². The monoisotopic (exact) mass is 518 g/mol. The number of piperidine rings is 1. The summed E-state index contributed by atoms with van der Waals surface area (Å²) in [6.45, 7) is 11.6. The van der Waals surface area contributed by atoms with Gasteiger partial charge in [-0.15, -0.1) is 11.8 Å². The number of aryl methyl sites for hydroxylation is 1. The minimum Gasteiger partial charge on any atom is -0.496 e. The predicted molar refractivity (Wildman–Crippen MR) is 143 cm³/mol. The molecule has 2 aromatic rings. The standard InChI is InChI=1S/C27H38N2O4S2/c1-17(2)22-16-23(19(4)14-25(22)33-6)20(5)28-35(31,32)21-8-9-26(34-7)24(15-21)27(30)29-12-10-18(3)11-13-29/h8-9,14-18,20,28H,10-13H2,1-7H3/t20-/m0/s1. The Hall–Kier alpha value is -2.03. The van der Waals surface area contributed by atoms with Crippen molar-refractivity contribution >= 4 is 27.7 Å². The molecule has 1 fully saturated rings. The topological polar surface area (TPSA) is 75.7 Å². The lowest BCUT2D eigenvalue weighted by atomic mass is 9.94. The molecule has 192 valence electrons. The van der Waals surface area contributed by atoms with Crippen LogP contribution in [0.2, 0.25) is 0 Å². The number of rotatable bonds is 8. The molecular formula is C27H38N2O4S2. The summed E-state index contributed by atoms with van der Waals surface area (Å²) in [5.74, 6) is 1.55. The second-order valence-electron chi connectivity index (χ2n) is 9.79. The SMILES string of the molecule is COc1cc(C)c([C@H](C)NS(=O)(=O)c2ccc(SC)c(C(=O)N3CCC(C)CC3)c2)cc1C(C)C. The number of hydrogen-bond donors (Lipinski definition) is 1. The molecule has 1 atom stereocenters. The molecule has 1 heterocycles. The molecule has 0 aliphatic carbocycles. The van der Waals surface area contributed by atoms with Gasteiger partial charge in [-0.25, -0.2) is 13.1 Å². The molecular weight excluding hydrogens is 480 g/mol. The summed E-state index contributed by atoms with van der Waals surface area (Å²) in [7, 11) is -2.21. The van der Waals surface area contributed by atoms with Gasteiger partial charge >= 0.3 is 0 Å². The number of carbonyl (C=O) groups excluding carboxylic acids is 1. The maximum Gasteiger partial charge on any atom is 0.255 e. The lowest BCUT2D eigenvalue weighted by Crippen LogP contribution is -2.38. The van der Waals surface area contributed by atoms with E-state index in [2.05, 4.69) is 25.5 Å². The molecule has 0 unspecified atom stereocenters. The molecule has 1 aliphatic rings. The van der Waals surface area contributed by atoms with Crippen molar-refractivity contribution in [3.8, 4) is 5.75 Å². The summed E-state index contributed by atoms with van der Waals surface area (Å²) in [5.41, 5.74) is 3.34. The molecule has 0 spiro atoms. The molecule has 3 rings (SSSR count). The fourth-order valence-electron chi connectivity index (χ4n) is 4.58. The van der Waals surface area contributed by atoms with E-state index in [1.54, 1.807) is 19.2 Å². The number of hydrogen-bond acceptors (Lipinski definition) is 5. The van der Waals surface area contributed by atoms with Gasteiger partial charge in [0.2, 0.25) is 10.0 Å². The van der Waals surface area contributed by atoms with Gasteiger partial charge < -0.3 is 9.64 Å². The normalized spacial score (nSPS) is 15.9. The van der Waals surface area contributed by atoms with E-state index >= 15 is 0 Å². The van der Waals surface area contributed by atoms with Crippen LogP contribution in [0.3, 0.4) is 0 Å². The van der Waals surface area contributed by atoms with E-state index in [-0.39, 0.29) is 16.7 Å². The highest BCUT2D eigenvalue weighted by Gasteiger charge is 2.27. The zero-order valence-corrected chi connectivity index (χ0v) is 23.5. The van der Waals surface area contributed by atoms with E-state index in [9.17, 15) is 13.2 Å². The van der Waals surface area contributed by atoms with Gasteiger partial charge in [-0.05, 0) is 91.8 Å². The molecule has 0 radical (unpaired) electrons. The molecule has 1 amide bonds. The van der Waals surface area contributed by atoms with Gasteiger partial charge in [-0.2, -0.15) is 0 Å². The Kier molecular flexibility index (Phi) is 8.94. The van der Waals surface area contributed by atoms with Gasteiger partial charge in [-0.1, -0.05) is 20.8 Å². The maximum absolute atomic E-state index is 13.4. The van der Waals surface area contributed by atoms with Gasteiger partial charge in [0.05, 0.1) is 17.6 Å². The zero-order valence-electron chi connectivity index (χ0n) is 21.8. The summed E-state index contributed by atoms with van der Waals surface area (Å²) in [4.78, 5) is 16.0. The zero-order chi connectivity index (χ0) is 25.9. The van der Waals surface area contributed by atoms with Crippen molar-refractivity contribution in [2.45, 2.75) is 69.2 Å². The Bertz CT molecular complexity index is 1170. The fourth-order valence-corrected chi connectivity index (χ4v) is 6.40. The number of amides is 1. The summed E-state index contributed by atoms with van der Waals surface area (Å²) >= 11 is 1.45. The van der Waals surface area contributed by atoms with Gasteiger partial charge in [0.15, 0.2) is 0 Å². The lowest BCUT2D eigenvalue weighted by Gasteiger charge is -2.31. The van der Waals surface area contributed by atoms with Crippen LogP contribution >= 0.6 is 11.8 Å². The van der Waals surface area contributed by atoms with Crippen molar-refractivity contribution in [3.05, 3.63) is 52.6 Å². The third-order valence-corrected chi connectivity index (χ3v) is 9.16. The van der Waals surface area contributed by atoms with Crippen LogP contribution in [0.5, 0.6) is 5.75 Å². The molecule has 1 saturated heterocycles. The van der Waals surface area contributed by atoms with Crippen LogP contribution in [0.25, 0.3) is 0 Å². The number of ether oxygens (including phenoxy) is 1. The van der Waals surface area contributed by atoms with E-state index in [4.69, 9.17) is 4.74 Å². The van der Waals surface area contributed by atoms with Crippen LogP contribution in [0.4, 0.5) is 0 Å². The van der Waals surface area contributed by atoms with Crippen LogP contribution in [0.15, 0.2) is 40.1 Å². The van der Waals surface area contributed by atoms with Crippen LogP contribution in [0.1, 0.15) is 79.5 Å². The third kappa shape index (κ3) is 6.22. The van der Waals surface area contributed by atoms with Gasteiger partial charge in [0.1, 0.15) is 5.75 Å². The number of sulfonamides is 1. The summed E-state index contributed by atoms with van der Waals surface area (Å²) in [6.07, 6.45) is 3.84. The summed E-state index contributed by atoms with van der Waals surface area (Å²) in [6, 6.07) is 8.37. The first-order valence-corrected chi connectivity index (χ1v) is 14.9. The highest BCUT2D eigenvalue weighted by Crippen LogP contribution is 2.33. The van der Waals surface area contributed by atoms with Gasteiger partial charge in [-0.3, -0.25) is 4.79 Å². The van der Waals surface area contributed by atoms with E-state index in [0.29, 0.717) is 24.6 Å². The van der Waals surface area contributed by atoms with E-state index in [1.807, 2.05) is 37.1 Å². The molecule has 0 aromatic heterocycles. The first-order chi connectivity index (χ1) is 16.5. The average molecular weight is 519 g/mol. The number of nitrogens with zero attached hydrogens (tertiary/aromatic N) is 1. The van der Waals surface area contributed by atoms with Gasteiger partial charge in [0, 0.05) is 24.0 Å². The highest BCUT2D eigenvalue weighted by molar-refractivity contribution is 7.98. The molecule has 0 saturated carbocycles. The van der Waals surface area contributed by atoms with Crippen LogP contribution in [-0.2, 0) is 10.0 Å². The fraction of sp³-hybridized carbons (Fsp3) is 0.519. The average Bonchev–Trinajstić information content (AvgIpc) is 2.82. The largest absolute Gasteiger partial charge is 0.496 e. The molecule has 0 bridgehead atoms. The van der Waals surface area contributed by atoms with Crippen LogP contribution in [-0.4, -0.2) is 45.7 Å². The summed E-state index contributed by atoms with van der Waals surface area (Å²) in [5, 5.41) is 0. The Balaban J connectivity index is 1.90. The third-order valence-electron chi connectivity index (χ3n) is 6.82. The highest BCUT2D eigenvalue weighted by atomic mass is 32.2. The van der Waals surface area contributed by atoms with Crippen molar-refractivity contribution in [2.75, 3.05) is 26.5 Å². The van der Waals surface area contributed by atoms with Crippen molar-refractivity contribution in [3.63, 3.8) is 0 Å². The van der Waals surface area contributed by atoms with E-state index < -0.39 is 16.1 Å². The van der Waals surface area contributed by atoms with Crippen LogP contribution < -0.4 is 9.46 Å². The quantitative estimate of drug-likeness (QED) is 0.450. The molecule has 1 aliphatic heterocycles. The molecule has 6 nitrogen and oxygen atoms in total. The Morgan fingerprint density at radius 3 is 2.34 bits per heavy atom. The van der Waals surface area contributed by atoms with Crippen molar-refractivity contribution < 1.29 is 17.9 Å². The number of nitrogens with one attached hydrogen (secondary N) is 1. The molecule has 35 heavy (non-hydrogen) atoms.